The molecule has 5 heteroatoms. The number of anilines is 1. The van der Waals surface area contributed by atoms with Crippen molar-refractivity contribution in [2.24, 2.45) is 10.7 Å². The van der Waals surface area contributed by atoms with Gasteiger partial charge in [0.25, 0.3) is 0 Å². The van der Waals surface area contributed by atoms with Gasteiger partial charge in [-0.25, -0.2) is 4.99 Å². The summed E-state index contributed by atoms with van der Waals surface area (Å²) in [5.74, 6) is 0.448. The third kappa shape index (κ3) is 6.96. The minimum atomic E-state index is 0. The van der Waals surface area contributed by atoms with E-state index < -0.39 is 0 Å². The Hall–Kier alpha value is -1.60. The van der Waals surface area contributed by atoms with Gasteiger partial charge in [0.2, 0.25) is 0 Å². The van der Waals surface area contributed by atoms with Gasteiger partial charge in [0.1, 0.15) is 0 Å². The maximum atomic E-state index is 5.99. The second-order valence-corrected chi connectivity index (χ2v) is 6.70. The molecule has 2 aromatic rings. The van der Waals surface area contributed by atoms with Crippen LogP contribution in [0.25, 0.3) is 0 Å². The molecule has 4 nitrogen and oxygen atoms in total. The smallest absolute Gasteiger partial charge is 0.193 e. The Kier molecular flexibility index (Phi) is 8.91. The zero-order chi connectivity index (χ0) is 17.3. The Bertz CT molecular complexity index is 679. The third-order valence-electron chi connectivity index (χ3n) is 4.57. The molecule has 3 N–H and O–H groups in total. The van der Waals surface area contributed by atoms with Crippen molar-refractivity contribution < 1.29 is 0 Å². The first-order valence-corrected chi connectivity index (χ1v) is 9.22. The van der Waals surface area contributed by atoms with Crippen LogP contribution in [0, 0.1) is 0 Å². The number of guanidine groups is 1. The molecule has 3 rings (SSSR count). The fourth-order valence-electron chi connectivity index (χ4n) is 3.26. The number of halogens is 1. The van der Waals surface area contributed by atoms with Crippen LogP contribution in [0.5, 0.6) is 0 Å². The van der Waals surface area contributed by atoms with Crippen LogP contribution in [0.4, 0.5) is 5.69 Å². The minimum absolute atomic E-state index is 0. The molecule has 0 spiro atoms. The number of nitrogens with two attached hydrogens (primary N) is 1. The van der Waals surface area contributed by atoms with Gasteiger partial charge in [-0.15, -0.1) is 24.0 Å². The predicted octanol–water partition coefficient (Wildman–Crippen LogP) is 4.61. The van der Waals surface area contributed by atoms with Crippen LogP contribution >= 0.6 is 24.0 Å². The van der Waals surface area contributed by atoms with Crippen molar-refractivity contribution >= 4 is 35.6 Å². The third-order valence-corrected chi connectivity index (χ3v) is 4.57. The van der Waals surface area contributed by atoms with Gasteiger partial charge in [0, 0.05) is 12.2 Å². The Balaban J connectivity index is 0.00000243. The quantitative estimate of drug-likeness (QED) is 0.386. The highest BCUT2D eigenvalue weighted by Crippen LogP contribution is 2.14. The zero-order valence-corrected chi connectivity index (χ0v) is 17.6. The van der Waals surface area contributed by atoms with Gasteiger partial charge < -0.3 is 11.1 Å². The predicted molar refractivity (Wildman–Crippen MR) is 121 cm³/mol. The number of hydrogen-bond donors (Lipinski definition) is 2. The molecule has 140 valence electrons. The van der Waals surface area contributed by atoms with Crippen molar-refractivity contribution in [2.75, 3.05) is 18.4 Å². The van der Waals surface area contributed by atoms with Crippen molar-refractivity contribution in [2.45, 2.75) is 38.8 Å². The number of nitrogens with zero attached hydrogens (tertiary/aromatic N) is 2. The lowest BCUT2D eigenvalue weighted by molar-refractivity contribution is 0.277. The minimum Gasteiger partial charge on any atom is -0.370 e. The van der Waals surface area contributed by atoms with Crippen LogP contribution in [-0.4, -0.2) is 23.9 Å². The van der Waals surface area contributed by atoms with E-state index in [0.717, 1.165) is 12.2 Å². The van der Waals surface area contributed by atoms with Crippen LogP contribution < -0.4 is 11.1 Å². The standard InChI is InChI=1S/C21H28N4.HI/c22-21(24-20-11-4-3-5-12-20)23-16-18-9-8-10-19(15-18)17-25-13-6-1-2-7-14-25;/h3-5,8-12,15H,1-2,6-7,13-14,16-17H2,(H3,22,23,24);1H. The lowest BCUT2D eigenvalue weighted by atomic mass is 10.1. The number of nitrogens with one attached hydrogen (secondary N) is 1. The summed E-state index contributed by atoms with van der Waals surface area (Å²) in [5, 5.41) is 3.12. The zero-order valence-electron chi connectivity index (χ0n) is 15.2. The van der Waals surface area contributed by atoms with Crippen LogP contribution in [0.15, 0.2) is 59.6 Å². The summed E-state index contributed by atoms with van der Waals surface area (Å²) < 4.78 is 0. The largest absolute Gasteiger partial charge is 0.370 e. The average Bonchev–Trinajstić information content (AvgIpc) is 2.90. The molecule has 1 fully saturated rings. The molecule has 1 aliphatic heterocycles. The number of aliphatic imine (C=N–C) groups is 1. The van der Waals surface area contributed by atoms with E-state index in [4.69, 9.17) is 5.73 Å². The molecule has 0 saturated carbocycles. The van der Waals surface area contributed by atoms with E-state index in [9.17, 15) is 0 Å². The summed E-state index contributed by atoms with van der Waals surface area (Å²) in [6.07, 6.45) is 5.40. The van der Waals surface area contributed by atoms with E-state index in [-0.39, 0.29) is 24.0 Å². The molecular formula is C21H29IN4. The number of rotatable bonds is 5. The van der Waals surface area contributed by atoms with Crippen molar-refractivity contribution in [3.8, 4) is 0 Å². The monoisotopic (exact) mass is 464 g/mol. The molecule has 2 aromatic carbocycles. The summed E-state index contributed by atoms with van der Waals surface area (Å²) in [5.41, 5.74) is 9.51. The van der Waals surface area contributed by atoms with Gasteiger partial charge in [-0.1, -0.05) is 55.3 Å². The van der Waals surface area contributed by atoms with Gasteiger partial charge in [0.05, 0.1) is 6.54 Å². The molecule has 0 atom stereocenters. The second-order valence-electron chi connectivity index (χ2n) is 6.70. The first-order valence-electron chi connectivity index (χ1n) is 9.22. The Morgan fingerprint density at radius 1 is 0.923 bits per heavy atom. The van der Waals surface area contributed by atoms with Crippen molar-refractivity contribution in [1.29, 1.82) is 0 Å². The van der Waals surface area contributed by atoms with E-state index in [0.29, 0.717) is 12.5 Å². The average molecular weight is 464 g/mol. The molecular weight excluding hydrogens is 435 g/mol. The molecule has 1 saturated heterocycles. The first kappa shape index (κ1) is 20.7. The molecule has 0 unspecified atom stereocenters. The van der Waals surface area contributed by atoms with Crippen molar-refractivity contribution in [1.82, 2.24) is 4.90 Å². The molecule has 0 aliphatic carbocycles. The summed E-state index contributed by atoms with van der Waals surface area (Å²) in [6.45, 7) is 4.07. The Morgan fingerprint density at radius 2 is 1.62 bits per heavy atom. The molecule has 1 heterocycles. The molecule has 0 aromatic heterocycles. The number of hydrogen-bond acceptors (Lipinski definition) is 2. The summed E-state index contributed by atoms with van der Waals surface area (Å²) in [7, 11) is 0. The SMILES string of the molecule is I.NC(=NCc1cccc(CN2CCCCCC2)c1)Nc1ccccc1. The van der Waals surface area contributed by atoms with E-state index >= 15 is 0 Å². The molecule has 1 aliphatic rings. The summed E-state index contributed by atoms with van der Waals surface area (Å²) in [6, 6.07) is 18.6. The lowest BCUT2D eigenvalue weighted by Crippen LogP contribution is -2.24. The number of likely N-dealkylation sites (tertiary alicyclic amines) is 1. The van der Waals surface area contributed by atoms with E-state index in [1.54, 1.807) is 0 Å². The second kappa shape index (κ2) is 11.2. The van der Waals surface area contributed by atoms with Crippen LogP contribution in [0.1, 0.15) is 36.8 Å². The molecule has 0 amide bonds. The fraction of sp³-hybridized carbons (Fsp3) is 0.381. The number of benzene rings is 2. The molecule has 26 heavy (non-hydrogen) atoms. The van der Waals surface area contributed by atoms with E-state index in [2.05, 4.69) is 39.5 Å². The molecule has 0 bridgehead atoms. The highest BCUT2D eigenvalue weighted by Gasteiger charge is 2.09. The van der Waals surface area contributed by atoms with Gasteiger partial charge in [0.15, 0.2) is 5.96 Å². The van der Waals surface area contributed by atoms with Crippen LogP contribution in [0.2, 0.25) is 0 Å². The number of para-hydroxylation sites is 1. The van der Waals surface area contributed by atoms with Crippen molar-refractivity contribution in [3.05, 3.63) is 65.7 Å². The van der Waals surface area contributed by atoms with Crippen molar-refractivity contribution in [3.63, 3.8) is 0 Å². The maximum absolute atomic E-state index is 5.99. The fourth-order valence-corrected chi connectivity index (χ4v) is 3.26. The molecule has 0 radical (unpaired) electrons. The lowest BCUT2D eigenvalue weighted by Gasteiger charge is -2.20. The van der Waals surface area contributed by atoms with Gasteiger partial charge in [-0.3, -0.25) is 4.90 Å². The summed E-state index contributed by atoms with van der Waals surface area (Å²) in [4.78, 5) is 7.03. The van der Waals surface area contributed by atoms with Gasteiger partial charge >= 0.3 is 0 Å². The van der Waals surface area contributed by atoms with Crippen LogP contribution in [-0.2, 0) is 13.1 Å². The first-order chi connectivity index (χ1) is 12.3. The van der Waals surface area contributed by atoms with E-state index in [1.807, 2.05) is 30.3 Å². The van der Waals surface area contributed by atoms with Gasteiger partial charge in [-0.2, -0.15) is 0 Å². The van der Waals surface area contributed by atoms with E-state index in [1.165, 1.54) is 49.9 Å². The highest BCUT2D eigenvalue weighted by molar-refractivity contribution is 14.0. The topological polar surface area (TPSA) is 53.6 Å². The Morgan fingerprint density at radius 3 is 2.35 bits per heavy atom. The highest BCUT2D eigenvalue weighted by atomic mass is 127. The normalized spacial score (nSPS) is 15.8. The summed E-state index contributed by atoms with van der Waals surface area (Å²) >= 11 is 0. The van der Waals surface area contributed by atoms with Crippen LogP contribution in [0.3, 0.4) is 0 Å². The Labute approximate surface area is 173 Å². The van der Waals surface area contributed by atoms with Gasteiger partial charge in [-0.05, 0) is 49.2 Å². The maximum Gasteiger partial charge on any atom is 0.193 e.